The number of oxime groups is 1. The van der Waals surface area contributed by atoms with Crippen molar-refractivity contribution in [1.29, 1.82) is 0 Å². The number of allylic oxidation sites excluding steroid dienone is 1. The van der Waals surface area contributed by atoms with Crippen LogP contribution < -0.4 is 5.73 Å². The molecule has 0 fully saturated rings. The van der Waals surface area contributed by atoms with Crippen LogP contribution in [0.1, 0.15) is 35.5 Å². The molecule has 0 aromatic carbocycles. The summed E-state index contributed by atoms with van der Waals surface area (Å²) in [7, 11) is 0. The molecular formula is C14H18N4O4. The molecule has 0 spiro atoms. The molecule has 1 heterocycles. The molecule has 0 radical (unpaired) electrons. The van der Waals surface area contributed by atoms with Crippen LogP contribution in [0.2, 0.25) is 0 Å². The van der Waals surface area contributed by atoms with Gasteiger partial charge in [0.05, 0.1) is 17.0 Å². The molecule has 0 bridgehead atoms. The summed E-state index contributed by atoms with van der Waals surface area (Å²) in [5.74, 6) is -0.611. The molecule has 8 heteroatoms. The van der Waals surface area contributed by atoms with Crippen LogP contribution in [-0.2, 0) is 12.8 Å². The SMILES string of the molecule is CCc1ccnc(CC(/C=C/C(C)[N+](=O)[O-])=N\O)c1C(N)=O. The first-order valence-electron chi connectivity index (χ1n) is 6.69. The number of carbonyl (C=O) groups excluding carboxylic acids is 1. The molecule has 118 valence electrons. The molecule has 1 unspecified atom stereocenters. The molecule has 0 saturated heterocycles. The Bertz CT molecular complexity index is 625. The summed E-state index contributed by atoms with van der Waals surface area (Å²) in [6, 6.07) is 0.784. The fraction of sp³-hybridized carbons (Fsp3) is 0.357. The van der Waals surface area contributed by atoms with Crippen molar-refractivity contribution in [1.82, 2.24) is 4.98 Å². The maximum absolute atomic E-state index is 11.6. The first-order chi connectivity index (χ1) is 10.4. The summed E-state index contributed by atoms with van der Waals surface area (Å²) in [5.41, 5.74) is 6.95. The molecule has 1 rings (SSSR count). The van der Waals surface area contributed by atoms with Gasteiger partial charge in [0, 0.05) is 24.5 Å². The van der Waals surface area contributed by atoms with Crippen LogP contribution in [-0.4, -0.2) is 32.8 Å². The van der Waals surface area contributed by atoms with Gasteiger partial charge in [-0.1, -0.05) is 12.1 Å². The normalized spacial score (nSPS) is 13.3. The lowest BCUT2D eigenvalue weighted by Gasteiger charge is -2.09. The summed E-state index contributed by atoms with van der Waals surface area (Å²) in [4.78, 5) is 25.8. The molecule has 0 aliphatic rings. The van der Waals surface area contributed by atoms with E-state index in [0.717, 1.165) is 5.56 Å². The van der Waals surface area contributed by atoms with E-state index in [1.807, 2.05) is 6.92 Å². The van der Waals surface area contributed by atoms with Crippen molar-refractivity contribution in [3.05, 3.63) is 51.4 Å². The Morgan fingerprint density at radius 3 is 2.82 bits per heavy atom. The zero-order chi connectivity index (χ0) is 16.7. The van der Waals surface area contributed by atoms with E-state index in [1.165, 1.54) is 19.1 Å². The topological polar surface area (TPSA) is 132 Å². The van der Waals surface area contributed by atoms with Crippen molar-refractivity contribution in [3.8, 4) is 0 Å². The number of nitrogens with zero attached hydrogens (tertiary/aromatic N) is 3. The fourth-order valence-corrected chi connectivity index (χ4v) is 1.90. The molecule has 0 aliphatic carbocycles. The minimum absolute atomic E-state index is 0.0452. The Hall–Kier alpha value is -2.77. The molecule has 8 nitrogen and oxygen atoms in total. The van der Waals surface area contributed by atoms with E-state index in [2.05, 4.69) is 10.1 Å². The number of carbonyl (C=O) groups is 1. The Labute approximate surface area is 127 Å². The smallest absolute Gasteiger partial charge is 0.250 e. The minimum Gasteiger partial charge on any atom is -0.411 e. The van der Waals surface area contributed by atoms with Crippen molar-refractivity contribution < 1.29 is 14.9 Å². The third-order valence-corrected chi connectivity index (χ3v) is 3.12. The summed E-state index contributed by atoms with van der Waals surface area (Å²) in [5, 5.41) is 22.7. The quantitative estimate of drug-likeness (QED) is 0.339. The van der Waals surface area contributed by atoms with Crippen molar-refractivity contribution in [2.45, 2.75) is 32.7 Å². The molecule has 3 N–H and O–H groups in total. The first kappa shape index (κ1) is 17.3. The second-order valence-electron chi connectivity index (χ2n) is 4.66. The number of pyridine rings is 1. The number of hydrogen-bond acceptors (Lipinski definition) is 6. The van der Waals surface area contributed by atoms with Crippen LogP contribution in [0.5, 0.6) is 0 Å². The van der Waals surface area contributed by atoms with Crippen molar-refractivity contribution in [3.63, 3.8) is 0 Å². The zero-order valence-corrected chi connectivity index (χ0v) is 12.4. The van der Waals surface area contributed by atoms with E-state index < -0.39 is 16.9 Å². The van der Waals surface area contributed by atoms with E-state index in [0.29, 0.717) is 17.7 Å². The third-order valence-electron chi connectivity index (χ3n) is 3.12. The lowest BCUT2D eigenvalue weighted by Crippen LogP contribution is -2.19. The number of hydrogen-bond donors (Lipinski definition) is 2. The summed E-state index contributed by atoms with van der Waals surface area (Å²) >= 11 is 0. The number of nitro groups is 1. The summed E-state index contributed by atoms with van der Waals surface area (Å²) in [6.07, 6.45) is 4.82. The minimum atomic E-state index is -0.915. The van der Waals surface area contributed by atoms with Gasteiger partial charge in [-0.2, -0.15) is 0 Å². The highest BCUT2D eigenvalue weighted by molar-refractivity contribution is 6.00. The van der Waals surface area contributed by atoms with Crippen LogP contribution in [0.3, 0.4) is 0 Å². The van der Waals surface area contributed by atoms with Gasteiger partial charge in [0.1, 0.15) is 0 Å². The van der Waals surface area contributed by atoms with E-state index >= 15 is 0 Å². The van der Waals surface area contributed by atoms with E-state index in [-0.39, 0.29) is 12.1 Å². The first-order valence-corrected chi connectivity index (χ1v) is 6.69. The molecule has 0 saturated carbocycles. The lowest BCUT2D eigenvalue weighted by atomic mass is 10.00. The molecule has 0 aliphatic heterocycles. The highest BCUT2D eigenvalue weighted by atomic mass is 16.6. The van der Waals surface area contributed by atoms with Crippen LogP contribution in [0.4, 0.5) is 0 Å². The van der Waals surface area contributed by atoms with Crippen molar-refractivity contribution >= 4 is 11.6 Å². The molecular weight excluding hydrogens is 288 g/mol. The van der Waals surface area contributed by atoms with Crippen LogP contribution in [0.15, 0.2) is 29.6 Å². The molecule has 1 aromatic heterocycles. The average molecular weight is 306 g/mol. The number of aromatic nitrogens is 1. The molecule has 22 heavy (non-hydrogen) atoms. The number of primary amides is 1. The average Bonchev–Trinajstić information content (AvgIpc) is 2.49. The fourth-order valence-electron chi connectivity index (χ4n) is 1.90. The van der Waals surface area contributed by atoms with Gasteiger partial charge < -0.3 is 10.9 Å². The molecule has 1 atom stereocenters. The van der Waals surface area contributed by atoms with Crippen LogP contribution in [0, 0.1) is 10.1 Å². The number of rotatable bonds is 7. The molecule has 1 aromatic rings. The summed E-state index contributed by atoms with van der Waals surface area (Å²) < 4.78 is 0. The standard InChI is InChI=1S/C14H18N4O4/c1-3-10-6-7-16-12(13(10)14(15)19)8-11(17-20)5-4-9(2)18(21)22/h4-7,9,20H,3,8H2,1-2H3,(H2,15,19)/b5-4+,17-11-. The number of amides is 1. The van der Waals surface area contributed by atoms with Gasteiger partial charge >= 0.3 is 0 Å². The van der Waals surface area contributed by atoms with Gasteiger partial charge in [-0.15, -0.1) is 0 Å². The van der Waals surface area contributed by atoms with E-state index in [1.54, 1.807) is 12.3 Å². The van der Waals surface area contributed by atoms with Gasteiger partial charge in [-0.05, 0) is 30.2 Å². The second-order valence-corrected chi connectivity index (χ2v) is 4.66. The zero-order valence-electron chi connectivity index (χ0n) is 12.4. The van der Waals surface area contributed by atoms with Crippen molar-refractivity contribution in [2.24, 2.45) is 10.9 Å². The maximum Gasteiger partial charge on any atom is 0.250 e. The Morgan fingerprint density at radius 2 is 2.32 bits per heavy atom. The monoisotopic (exact) mass is 306 g/mol. The summed E-state index contributed by atoms with van der Waals surface area (Å²) in [6.45, 7) is 3.28. The number of aryl methyl sites for hydroxylation is 1. The van der Waals surface area contributed by atoms with E-state index in [4.69, 9.17) is 10.9 Å². The van der Waals surface area contributed by atoms with Gasteiger partial charge in [-0.25, -0.2) is 0 Å². The van der Waals surface area contributed by atoms with Crippen LogP contribution in [0.25, 0.3) is 0 Å². The second kappa shape index (κ2) is 7.87. The van der Waals surface area contributed by atoms with Crippen LogP contribution >= 0.6 is 0 Å². The Kier molecular flexibility index (Phi) is 6.18. The number of nitrogens with two attached hydrogens (primary N) is 1. The largest absolute Gasteiger partial charge is 0.411 e. The predicted octanol–water partition coefficient (Wildman–Crippen LogP) is 1.34. The van der Waals surface area contributed by atoms with Gasteiger partial charge in [-0.3, -0.25) is 19.9 Å². The van der Waals surface area contributed by atoms with Gasteiger partial charge in [0.15, 0.2) is 0 Å². The predicted molar refractivity (Wildman–Crippen MR) is 80.7 cm³/mol. The maximum atomic E-state index is 11.6. The van der Waals surface area contributed by atoms with Crippen molar-refractivity contribution in [2.75, 3.05) is 0 Å². The van der Waals surface area contributed by atoms with Gasteiger partial charge in [0.2, 0.25) is 6.04 Å². The lowest BCUT2D eigenvalue weighted by molar-refractivity contribution is -0.504. The third kappa shape index (κ3) is 4.37. The van der Waals surface area contributed by atoms with E-state index in [9.17, 15) is 14.9 Å². The molecule has 1 amide bonds. The highest BCUT2D eigenvalue weighted by Crippen LogP contribution is 2.14. The highest BCUT2D eigenvalue weighted by Gasteiger charge is 2.16. The Balaban J connectivity index is 3.07. The van der Waals surface area contributed by atoms with Gasteiger partial charge in [0.25, 0.3) is 5.91 Å². The Morgan fingerprint density at radius 1 is 1.64 bits per heavy atom.